The maximum Gasteiger partial charge on any atom is 0.152 e. The molecule has 0 aliphatic carbocycles. The van der Waals surface area contributed by atoms with Gasteiger partial charge in [-0.2, -0.15) is 0 Å². The fourth-order valence-corrected chi connectivity index (χ4v) is 2.03. The molecule has 2 rings (SSSR count). The average Bonchev–Trinajstić information content (AvgIpc) is 2.66. The Labute approximate surface area is 100 Å². The summed E-state index contributed by atoms with van der Waals surface area (Å²) < 4.78 is 3.05. The van der Waals surface area contributed by atoms with Gasteiger partial charge in [0.15, 0.2) is 5.82 Å². The molecule has 0 saturated heterocycles. The molecule has 0 aliphatic rings. The van der Waals surface area contributed by atoms with E-state index in [1.165, 1.54) is 0 Å². The lowest BCUT2D eigenvalue weighted by atomic mass is 10.3. The van der Waals surface area contributed by atoms with Crippen molar-refractivity contribution in [3.05, 3.63) is 40.0 Å². The second kappa shape index (κ2) is 4.27. The Morgan fingerprint density at radius 3 is 2.86 bits per heavy atom. The van der Waals surface area contributed by atoms with Gasteiger partial charge in [0.1, 0.15) is 6.33 Å². The number of halogens is 2. The van der Waals surface area contributed by atoms with Gasteiger partial charge in [0.05, 0.1) is 11.6 Å². The zero-order valence-electron chi connectivity index (χ0n) is 7.19. The number of aromatic nitrogens is 3. The zero-order valence-corrected chi connectivity index (χ0v) is 10.1. The van der Waals surface area contributed by atoms with Crippen LogP contribution in [-0.4, -0.2) is 14.8 Å². The summed E-state index contributed by atoms with van der Waals surface area (Å²) in [6.07, 6.45) is 1.68. The first-order valence-corrected chi connectivity index (χ1v) is 5.64. The molecule has 3 nitrogen and oxygen atoms in total. The predicted molar refractivity (Wildman–Crippen MR) is 63.6 cm³/mol. The maximum atomic E-state index is 5.75. The van der Waals surface area contributed by atoms with Crippen LogP contribution in [0.5, 0.6) is 0 Å². The second-order valence-corrected chi connectivity index (χ2v) is 4.13. The van der Waals surface area contributed by atoms with Gasteiger partial charge in [-0.1, -0.05) is 12.1 Å². The van der Waals surface area contributed by atoms with Crippen molar-refractivity contribution in [2.45, 2.75) is 5.88 Å². The summed E-state index contributed by atoms with van der Waals surface area (Å²) in [4.78, 5) is 0. The Balaban J connectivity index is 2.54. The van der Waals surface area contributed by atoms with Crippen molar-refractivity contribution in [3.8, 4) is 5.69 Å². The van der Waals surface area contributed by atoms with Gasteiger partial charge < -0.3 is 0 Å². The summed E-state index contributed by atoms with van der Waals surface area (Å²) in [7, 11) is 0. The van der Waals surface area contributed by atoms with E-state index in [1.54, 1.807) is 6.33 Å². The van der Waals surface area contributed by atoms with Crippen LogP contribution in [-0.2, 0) is 5.88 Å². The highest BCUT2D eigenvalue weighted by Gasteiger charge is 2.06. The first-order chi connectivity index (χ1) is 6.83. The minimum atomic E-state index is 0.366. The van der Waals surface area contributed by atoms with E-state index in [2.05, 4.69) is 32.8 Å². The molecule has 0 radical (unpaired) electrons. The topological polar surface area (TPSA) is 30.7 Å². The van der Waals surface area contributed by atoms with Crippen LogP contribution in [0.15, 0.2) is 30.6 Å². The highest BCUT2D eigenvalue weighted by molar-refractivity contribution is 14.1. The smallest absolute Gasteiger partial charge is 0.152 e. The normalized spacial score (nSPS) is 10.4. The van der Waals surface area contributed by atoms with E-state index in [0.717, 1.165) is 15.1 Å². The van der Waals surface area contributed by atoms with E-state index >= 15 is 0 Å². The van der Waals surface area contributed by atoms with Crippen LogP contribution in [0.25, 0.3) is 5.69 Å². The first kappa shape index (κ1) is 9.92. The van der Waals surface area contributed by atoms with Gasteiger partial charge in [-0.15, -0.1) is 21.8 Å². The zero-order chi connectivity index (χ0) is 9.97. The summed E-state index contributed by atoms with van der Waals surface area (Å²) in [6.45, 7) is 0. The SMILES string of the molecule is ClCc1nncn1-c1ccccc1I. The quantitative estimate of drug-likeness (QED) is 0.629. The number of hydrogen-bond acceptors (Lipinski definition) is 2. The Morgan fingerprint density at radius 2 is 2.14 bits per heavy atom. The Bertz CT molecular complexity index is 441. The monoisotopic (exact) mass is 319 g/mol. The highest BCUT2D eigenvalue weighted by Crippen LogP contribution is 2.17. The van der Waals surface area contributed by atoms with E-state index in [9.17, 15) is 0 Å². The van der Waals surface area contributed by atoms with Crippen molar-refractivity contribution < 1.29 is 0 Å². The summed E-state index contributed by atoms with van der Waals surface area (Å²) >= 11 is 8.02. The summed E-state index contributed by atoms with van der Waals surface area (Å²) in [5.74, 6) is 1.13. The minimum Gasteiger partial charge on any atom is -0.284 e. The van der Waals surface area contributed by atoms with E-state index in [-0.39, 0.29) is 0 Å². The molecular weight excluding hydrogens is 312 g/mol. The van der Waals surface area contributed by atoms with Crippen molar-refractivity contribution >= 4 is 34.2 Å². The van der Waals surface area contributed by atoms with Crippen molar-refractivity contribution in [2.24, 2.45) is 0 Å². The highest BCUT2D eigenvalue weighted by atomic mass is 127. The van der Waals surface area contributed by atoms with Gasteiger partial charge in [-0.25, -0.2) is 0 Å². The lowest BCUT2D eigenvalue weighted by molar-refractivity contribution is 0.947. The molecule has 5 heteroatoms. The molecule has 0 bridgehead atoms. The fraction of sp³-hybridized carbons (Fsp3) is 0.111. The van der Waals surface area contributed by atoms with Gasteiger partial charge in [-0.3, -0.25) is 4.57 Å². The molecule has 0 fully saturated rings. The third kappa shape index (κ3) is 1.76. The molecular formula is C9H7ClIN3. The van der Waals surface area contributed by atoms with E-state index in [1.807, 2.05) is 28.8 Å². The van der Waals surface area contributed by atoms with Crippen LogP contribution < -0.4 is 0 Å². The van der Waals surface area contributed by atoms with Crippen molar-refractivity contribution in [1.29, 1.82) is 0 Å². The molecule has 14 heavy (non-hydrogen) atoms. The van der Waals surface area contributed by atoms with Crippen LogP contribution in [0, 0.1) is 3.57 Å². The maximum absolute atomic E-state index is 5.75. The number of benzene rings is 1. The standard InChI is InChI=1S/C9H7ClIN3/c10-5-9-13-12-6-14(9)8-4-2-1-3-7(8)11/h1-4,6H,5H2. The number of nitrogens with zero attached hydrogens (tertiary/aromatic N) is 3. The van der Waals surface area contributed by atoms with E-state index in [4.69, 9.17) is 11.6 Å². The van der Waals surface area contributed by atoms with Gasteiger partial charge in [0.25, 0.3) is 0 Å². The molecule has 0 saturated carbocycles. The van der Waals surface area contributed by atoms with E-state index in [0.29, 0.717) is 5.88 Å². The van der Waals surface area contributed by atoms with Gasteiger partial charge in [0.2, 0.25) is 0 Å². The first-order valence-electron chi connectivity index (χ1n) is 4.02. The molecule has 0 atom stereocenters. The van der Waals surface area contributed by atoms with Crippen LogP contribution in [0.2, 0.25) is 0 Å². The Hall–Kier alpha value is -0.620. The van der Waals surface area contributed by atoms with Gasteiger partial charge in [-0.05, 0) is 34.7 Å². The Morgan fingerprint density at radius 1 is 1.36 bits per heavy atom. The third-order valence-corrected chi connectivity index (χ3v) is 3.00. The second-order valence-electron chi connectivity index (χ2n) is 2.70. The fourth-order valence-electron chi connectivity index (χ4n) is 1.20. The lowest BCUT2D eigenvalue weighted by Crippen LogP contribution is -1.99. The molecule has 2 aromatic rings. The molecule has 0 amide bonds. The number of rotatable bonds is 2. The van der Waals surface area contributed by atoms with Gasteiger partial charge in [0, 0.05) is 3.57 Å². The molecule has 0 unspecified atom stereocenters. The number of alkyl halides is 1. The Kier molecular flexibility index (Phi) is 3.02. The molecule has 72 valence electrons. The average molecular weight is 320 g/mol. The minimum absolute atomic E-state index is 0.366. The van der Waals surface area contributed by atoms with Gasteiger partial charge >= 0.3 is 0 Å². The summed E-state index contributed by atoms with van der Waals surface area (Å²) in [5.41, 5.74) is 1.06. The number of hydrogen-bond donors (Lipinski definition) is 0. The molecule has 1 aromatic heterocycles. The van der Waals surface area contributed by atoms with Crippen LogP contribution in [0.1, 0.15) is 5.82 Å². The van der Waals surface area contributed by atoms with Crippen LogP contribution >= 0.6 is 34.2 Å². The van der Waals surface area contributed by atoms with Crippen molar-refractivity contribution in [1.82, 2.24) is 14.8 Å². The lowest BCUT2D eigenvalue weighted by Gasteiger charge is -2.06. The summed E-state index contributed by atoms with van der Waals surface area (Å²) in [6, 6.07) is 8.03. The molecule has 1 aromatic carbocycles. The number of para-hydroxylation sites is 1. The van der Waals surface area contributed by atoms with Crippen molar-refractivity contribution in [2.75, 3.05) is 0 Å². The third-order valence-electron chi connectivity index (χ3n) is 1.85. The molecule has 0 spiro atoms. The molecule has 1 heterocycles. The van der Waals surface area contributed by atoms with Crippen LogP contribution in [0.3, 0.4) is 0 Å². The largest absolute Gasteiger partial charge is 0.284 e. The molecule has 0 aliphatic heterocycles. The molecule has 0 N–H and O–H groups in total. The predicted octanol–water partition coefficient (Wildman–Crippen LogP) is 2.61. The van der Waals surface area contributed by atoms with E-state index < -0.39 is 0 Å². The van der Waals surface area contributed by atoms with Crippen LogP contribution in [0.4, 0.5) is 0 Å². The summed E-state index contributed by atoms with van der Waals surface area (Å²) in [5, 5.41) is 7.77. The van der Waals surface area contributed by atoms with Crippen molar-refractivity contribution in [3.63, 3.8) is 0 Å².